The van der Waals surface area contributed by atoms with Gasteiger partial charge >= 0.3 is 0 Å². The number of fused-ring (bicyclic) bond motifs is 1. The van der Waals surface area contributed by atoms with Crippen molar-refractivity contribution in [2.75, 3.05) is 6.26 Å². The Kier molecular flexibility index (Phi) is 3.13. The summed E-state index contributed by atoms with van der Waals surface area (Å²) in [4.78, 5) is 12.6. The third-order valence-electron chi connectivity index (χ3n) is 2.62. The zero-order valence-corrected chi connectivity index (χ0v) is 10.1. The predicted molar refractivity (Wildman–Crippen MR) is 62.7 cm³/mol. The van der Waals surface area contributed by atoms with Crippen molar-refractivity contribution in [3.05, 3.63) is 16.0 Å². The van der Waals surface area contributed by atoms with Crippen molar-refractivity contribution in [3.63, 3.8) is 0 Å². The fourth-order valence-corrected chi connectivity index (χ4v) is 3.83. The molecule has 4 heteroatoms. The van der Waals surface area contributed by atoms with Crippen LogP contribution in [0.15, 0.2) is 4.21 Å². The van der Waals surface area contributed by atoms with Crippen LogP contribution in [0.25, 0.3) is 0 Å². The molecule has 0 saturated heterocycles. The molecular formula is C11H11NOS2. The van der Waals surface area contributed by atoms with Gasteiger partial charge in [0.1, 0.15) is 10.9 Å². The van der Waals surface area contributed by atoms with Gasteiger partial charge in [-0.15, -0.1) is 23.1 Å². The maximum Gasteiger partial charge on any atom is 0.165 e. The second-order valence-electron chi connectivity index (χ2n) is 3.52. The molecule has 1 aliphatic carbocycles. The molecule has 1 aromatic rings. The molecule has 0 bridgehead atoms. The van der Waals surface area contributed by atoms with E-state index in [0.717, 1.165) is 39.5 Å². The van der Waals surface area contributed by atoms with Crippen molar-refractivity contribution in [3.8, 4) is 6.07 Å². The first kappa shape index (κ1) is 10.7. The lowest BCUT2D eigenvalue weighted by Crippen LogP contribution is -1.98. The molecule has 0 saturated carbocycles. The van der Waals surface area contributed by atoms with Crippen LogP contribution in [0.2, 0.25) is 0 Å². The summed E-state index contributed by atoms with van der Waals surface area (Å²) in [6.45, 7) is 0. The highest BCUT2D eigenvalue weighted by molar-refractivity contribution is 8.00. The lowest BCUT2D eigenvalue weighted by atomic mass is 10.1. The summed E-state index contributed by atoms with van der Waals surface area (Å²) in [5.41, 5.74) is 1.86. The summed E-state index contributed by atoms with van der Waals surface area (Å²) in [6, 6.07) is 2.21. The smallest absolute Gasteiger partial charge is 0.165 e. The number of ketones is 1. The van der Waals surface area contributed by atoms with E-state index in [0.29, 0.717) is 6.42 Å². The van der Waals surface area contributed by atoms with Gasteiger partial charge in [0.2, 0.25) is 0 Å². The highest BCUT2D eigenvalue weighted by atomic mass is 32.2. The number of thioether (sulfide) groups is 1. The Morgan fingerprint density at radius 1 is 1.40 bits per heavy atom. The van der Waals surface area contributed by atoms with Crippen molar-refractivity contribution in [2.45, 2.75) is 29.9 Å². The van der Waals surface area contributed by atoms with Crippen molar-refractivity contribution in [2.24, 2.45) is 0 Å². The Hall–Kier alpha value is -0.790. The van der Waals surface area contributed by atoms with E-state index in [1.54, 1.807) is 11.8 Å². The minimum atomic E-state index is 0.226. The molecule has 1 aromatic heterocycles. The van der Waals surface area contributed by atoms with Crippen LogP contribution in [0.4, 0.5) is 0 Å². The number of hydrogen-bond acceptors (Lipinski definition) is 4. The number of thiophene rings is 1. The highest BCUT2D eigenvalue weighted by Gasteiger charge is 2.24. The first-order chi connectivity index (χ1) is 7.27. The third kappa shape index (κ3) is 1.82. The minimum absolute atomic E-state index is 0.226. The van der Waals surface area contributed by atoms with Crippen LogP contribution < -0.4 is 0 Å². The van der Waals surface area contributed by atoms with Gasteiger partial charge in [-0.2, -0.15) is 5.26 Å². The lowest BCUT2D eigenvalue weighted by molar-refractivity contribution is 0.0980. The number of hydrogen-bond donors (Lipinski definition) is 0. The average molecular weight is 237 g/mol. The molecule has 0 fully saturated rings. The molecule has 0 radical (unpaired) electrons. The molecule has 0 spiro atoms. The standard InChI is InChI=1S/C11H11NOS2/c1-14-11-10-7(9(6-12)15-11)4-2-3-5-8(10)13/h2-5H2,1H3. The Morgan fingerprint density at radius 2 is 2.13 bits per heavy atom. The van der Waals surface area contributed by atoms with Crippen molar-refractivity contribution < 1.29 is 4.79 Å². The summed E-state index contributed by atoms with van der Waals surface area (Å²) < 4.78 is 1.02. The van der Waals surface area contributed by atoms with E-state index in [1.165, 1.54) is 11.3 Å². The molecule has 0 atom stereocenters. The van der Waals surface area contributed by atoms with Gasteiger partial charge in [-0.1, -0.05) is 0 Å². The number of rotatable bonds is 1. The second-order valence-corrected chi connectivity index (χ2v) is 5.61. The largest absolute Gasteiger partial charge is 0.294 e. The van der Waals surface area contributed by atoms with Gasteiger partial charge in [-0.05, 0) is 31.1 Å². The lowest BCUT2D eigenvalue weighted by Gasteiger charge is -1.99. The topological polar surface area (TPSA) is 40.9 Å². The fraction of sp³-hybridized carbons (Fsp3) is 0.455. The second kappa shape index (κ2) is 4.38. The van der Waals surface area contributed by atoms with E-state index in [1.807, 2.05) is 6.26 Å². The summed E-state index contributed by atoms with van der Waals surface area (Å²) >= 11 is 3.05. The summed E-state index contributed by atoms with van der Waals surface area (Å²) in [7, 11) is 0. The zero-order valence-electron chi connectivity index (χ0n) is 8.50. The van der Waals surface area contributed by atoms with Gasteiger partial charge < -0.3 is 0 Å². The van der Waals surface area contributed by atoms with Crippen LogP contribution in [0.5, 0.6) is 0 Å². The monoisotopic (exact) mass is 237 g/mol. The third-order valence-corrected chi connectivity index (χ3v) is 4.88. The molecule has 0 aromatic carbocycles. The van der Waals surface area contributed by atoms with E-state index in [-0.39, 0.29) is 5.78 Å². The van der Waals surface area contributed by atoms with Crippen LogP contribution in [0, 0.1) is 11.3 Å². The van der Waals surface area contributed by atoms with E-state index in [9.17, 15) is 4.79 Å². The van der Waals surface area contributed by atoms with Gasteiger partial charge in [0, 0.05) is 12.0 Å². The predicted octanol–water partition coefficient (Wildman–Crippen LogP) is 3.25. The molecular weight excluding hydrogens is 226 g/mol. The molecule has 78 valence electrons. The zero-order chi connectivity index (χ0) is 10.8. The molecule has 0 unspecified atom stereocenters. The number of carbonyl (C=O) groups is 1. The molecule has 0 amide bonds. The Bertz CT molecular complexity index is 442. The summed E-state index contributed by atoms with van der Waals surface area (Å²) in [5, 5.41) is 9.02. The van der Waals surface area contributed by atoms with E-state index >= 15 is 0 Å². The maximum atomic E-state index is 11.9. The van der Waals surface area contributed by atoms with Crippen LogP contribution in [-0.4, -0.2) is 12.0 Å². The Labute approximate surface area is 97.3 Å². The first-order valence-corrected chi connectivity index (χ1v) is 6.95. The molecule has 0 aliphatic heterocycles. The highest BCUT2D eigenvalue weighted by Crippen LogP contribution is 2.38. The van der Waals surface area contributed by atoms with Gasteiger partial charge in [0.05, 0.1) is 4.21 Å². The average Bonchev–Trinajstić information content (AvgIpc) is 2.51. The molecule has 1 aliphatic rings. The molecule has 2 nitrogen and oxygen atoms in total. The number of carbonyl (C=O) groups excluding carboxylic acids is 1. The Balaban J connectivity index is 2.60. The molecule has 1 heterocycles. The van der Waals surface area contributed by atoms with Gasteiger partial charge in [-0.3, -0.25) is 4.79 Å². The van der Waals surface area contributed by atoms with Crippen molar-refractivity contribution in [1.29, 1.82) is 5.26 Å². The van der Waals surface area contributed by atoms with Crippen LogP contribution >= 0.6 is 23.1 Å². The van der Waals surface area contributed by atoms with Crippen LogP contribution in [-0.2, 0) is 6.42 Å². The van der Waals surface area contributed by atoms with Crippen LogP contribution in [0.1, 0.15) is 40.1 Å². The maximum absolute atomic E-state index is 11.9. The SMILES string of the molecule is CSc1sc(C#N)c2c1C(=O)CCCC2. The fourth-order valence-electron chi connectivity index (χ4n) is 1.91. The normalized spacial score (nSPS) is 15.6. The van der Waals surface area contributed by atoms with E-state index in [2.05, 4.69) is 6.07 Å². The number of nitrogens with zero attached hydrogens (tertiary/aromatic N) is 1. The van der Waals surface area contributed by atoms with E-state index in [4.69, 9.17) is 5.26 Å². The number of nitriles is 1. The first-order valence-electron chi connectivity index (χ1n) is 4.91. The van der Waals surface area contributed by atoms with Gasteiger partial charge in [-0.25, -0.2) is 0 Å². The quantitative estimate of drug-likeness (QED) is 0.556. The van der Waals surface area contributed by atoms with Crippen molar-refractivity contribution >= 4 is 28.9 Å². The Morgan fingerprint density at radius 3 is 2.80 bits per heavy atom. The van der Waals surface area contributed by atoms with Gasteiger partial charge in [0.25, 0.3) is 0 Å². The minimum Gasteiger partial charge on any atom is -0.294 e. The molecule has 15 heavy (non-hydrogen) atoms. The number of Topliss-reactive ketones (excluding diaryl/α,β-unsaturated/α-hetero) is 1. The van der Waals surface area contributed by atoms with Gasteiger partial charge in [0.15, 0.2) is 5.78 Å². The van der Waals surface area contributed by atoms with Crippen molar-refractivity contribution in [1.82, 2.24) is 0 Å². The summed E-state index contributed by atoms with van der Waals surface area (Å²) in [5.74, 6) is 0.226. The van der Waals surface area contributed by atoms with E-state index < -0.39 is 0 Å². The molecule has 2 rings (SSSR count). The summed E-state index contributed by atoms with van der Waals surface area (Å²) in [6.07, 6.45) is 5.48. The van der Waals surface area contributed by atoms with Crippen LogP contribution in [0.3, 0.4) is 0 Å². The molecule has 0 N–H and O–H groups in total.